The van der Waals surface area contributed by atoms with E-state index in [1.54, 1.807) is 13.2 Å². The molecule has 2 aromatic rings. The summed E-state index contributed by atoms with van der Waals surface area (Å²) in [6, 6.07) is 13.0. The van der Waals surface area contributed by atoms with Crippen LogP contribution in [-0.2, 0) is 6.42 Å². The summed E-state index contributed by atoms with van der Waals surface area (Å²) in [4.78, 5) is 13.8. The number of fused-ring (bicyclic) bond motifs is 1. The normalized spacial score (nSPS) is 14.8. The molecule has 0 radical (unpaired) electrons. The zero-order valence-corrected chi connectivity index (χ0v) is 13.7. The highest BCUT2D eigenvalue weighted by molar-refractivity contribution is 5.96. The van der Waals surface area contributed by atoms with Crippen molar-refractivity contribution in [3.63, 3.8) is 0 Å². The van der Waals surface area contributed by atoms with Gasteiger partial charge in [-0.15, -0.1) is 0 Å². The average molecular weight is 326 g/mol. The Hall–Kier alpha value is -2.53. The summed E-state index contributed by atoms with van der Waals surface area (Å²) < 4.78 is 5.22. The Morgan fingerprint density at radius 3 is 2.88 bits per heavy atom. The predicted octanol–water partition coefficient (Wildman–Crippen LogP) is 2.28. The summed E-state index contributed by atoms with van der Waals surface area (Å²) in [6.07, 6.45) is 1.13. The maximum absolute atomic E-state index is 11.6. The topological polar surface area (TPSA) is 75.8 Å². The first-order valence-corrected chi connectivity index (χ1v) is 8.09. The molecule has 0 saturated carbocycles. The van der Waals surface area contributed by atoms with Gasteiger partial charge in [-0.1, -0.05) is 18.2 Å². The molecule has 0 aliphatic carbocycles. The molecular weight excluding hydrogens is 304 g/mol. The monoisotopic (exact) mass is 326 g/mol. The average Bonchev–Trinajstić information content (AvgIpc) is 2.61. The molecule has 3 N–H and O–H groups in total. The largest absolute Gasteiger partial charge is 0.497 e. The molecule has 5 nitrogen and oxygen atoms in total. The Morgan fingerprint density at radius 1 is 1.33 bits per heavy atom. The van der Waals surface area contributed by atoms with Crippen LogP contribution in [0.25, 0.3) is 0 Å². The summed E-state index contributed by atoms with van der Waals surface area (Å²) in [5, 5.41) is 10.6. The number of methoxy groups -OCH3 is 1. The zero-order valence-electron chi connectivity index (χ0n) is 13.7. The number of aliphatic hydroxyl groups excluding tert-OH is 1. The fourth-order valence-electron chi connectivity index (χ4n) is 3.28. The van der Waals surface area contributed by atoms with Crippen molar-refractivity contribution in [3.05, 3.63) is 59.2 Å². The van der Waals surface area contributed by atoms with E-state index in [0.717, 1.165) is 42.0 Å². The van der Waals surface area contributed by atoms with Crippen LogP contribution in [0.3, 0.4) is 0 Å². The number of ether oxygens (including phenoxy) is 1. The van der Waals surface area contributed by atoms with E-state index in [1.807, 2.05) is 36.4 Å². The Kier molecular flexibility index (Phi) is 4.71. The van der Waals surface area contributed by atoms with Crippen molar-refractivity contribution in [3.8, 4) is 5.75 Å². The highest BCUT2D eigenvalue weighted by Crippen LogP contribution is 2.31. The van der Waals surface area contributed by atoms with Crippen molar-refractivity contribution < 1.29 is 14.6 Å². The van der Waals surface area contributed by atoms with E-state index >= 15 is 0 Å². The van der Waals surface area contributed by atoms with E-state index in [0.29, 0.717) is 12.1 Å². The molecule has 3 rings (SSSR count). The van der Waals surface area contributed by atoms with Gasteiger partial charge in [-0.2, -0.15) is 0 Å². The van der Waals surface area contributed by atoms with Crippen molar-refractivity contribution in [2.75, 3.05) is 25.1 Å². The summed E-state index contributed by atoms with van der Waals surface area (Å²) in [7, 11) is 1.61. The fourth-order valence-corrected chi connectivity index (χ4v) is 3.28. The molecule has 126 valence electrons. The van der Waals surface area contributed by atoms with Gasteiger partial charge in [0.25, 0.3) is 0 Å². The van der Waals surface area contributed by atoms with Gasteiger partial charge < -0.3 is 20.5 Å². The SMILES string of the molecule is COc1cccc(C(O)CN2CCCc3c(C(N)=O)cccc32)c1. The van der Waals surface area contributed by atoms with Crippen molar-refractivity contribution >= 4 is 11.6 Å². The third-order valence-electron chi connectivity index (χ3n) is 4.48. The van der Waals surface area contributed by atoms with Crippen LogP contribution in [0.2, 0.25) is 0 Å². The minimum Gasteiger partial charge on any atom is -0.497 e. The fraction of sp³-hybridized carbons (Fsp3) is 0.316. The number of nitrogens with zero attached hydrogens (tertiary/aromatic N) is 1. The second kappa shape index (κ2) is 6.93. The van der Waals surface area contributed by atoms with Gasteiger partial charge in [0.15, 0.2) is 0 Å². The molecule has 0 aromatic heterocycles. The molecule has 1 aliphatic rings. The van der Waals surface area contributed by atoms with Crippen LogP contribution in [0.15, 0.2) is 42.5 Å². The molecule has 0 saturated heterocycles. The van der Waals surface area contributed by atoms with Gasteiger partial charge in [0, 0.05) is 24.3 Å². The lowest BCUT2D eigenvalue weighted by molar-refractivity contribution is 0.0999. The highest BCUT2D eigenvalue weighted by Gasteiger charge is 2.23. The van der Waals surface area contributed by atoms with Crippen LogP contribution in [0, 0.1) is 0 Å². The summed E-state index contributed by atoms with van der Waals surface area (Å²) >= 11 is 0. The second-order valence-corrected chi connectivity index (χ2v) is 6.01. The number of hydrogen-bond donors (Lipinski definition) is 2. The first kappa shape index (κ1) is 16.3. The number of carbonyl (C=O) groups is 1. The third kappa shape index (κ3) is 3.21. The molecule has 0 bridgehead atoms. The van der Waals surface area contributed by atoms with Crippen LogP contribution >= 0.6 is 0 Å². The summed E-state index contributed by atoms with van der Waals surface area (Å²) in [5.41, 5.74) is 8.84. The van der Waals surface area contributed by atoms with Gasteiger partial charge in [0.1, 0.15) is 5.75 Å². The predicted molar refractivity (Wildman–Crippen MR) is 93.4 cm³/mol. The lowest BCUT2D eigenvalue weighted by atomic mass is 9.95. The maximum atomic E-state index is 11.6. The van der Waals surface area contributed by atoms with E-state index in [-0.39, 0.29) is 0 Å². The lowest BCUT2D eigenvalue weighted by Crippen LogP contribution is -2.34. The first-order valence-electron chi connectivity index (χ1n) is 8.09. The Morgan fingerprint density at radius 2 is 2.12 bits per heavy atom. The number of rotatable bonds is 5. The lowest BCUT2D eigenvalue weighted by Gasteiger charge is -2.33. The van der Waals surface area contributed by atoms with E-state index < -0.39 is 12.0 Å². The molecule has 24 heavy (non-hydrogen) atoms. The Bertz CT molecular complexity index is 745. The third-order valence-corrected chi connectivity index (χ3v) is 4.48. The highest BCUT2D eigenvalue weighted by atomic mass is 16.5. The van der Waals surface area contributed by atoms with Crippen LogP contribution in [0.4, 0.5) is 5.69 Å². The van der Waals surface area contributed by atoms with E-state index in [9.17, 15) is 9.90 Å². The molecule has 1 heterocycles. The van der Waals surface area contributed by atoms with E-state index in [1.165, 1.54) is 0 Å². The molecule has 5 heteroatoms. The van der Waals surface area contributed by atoms with Crippen LogP contribution < -0.4 is 15.4 Å². The Balaban J connectivity index is 1.84. The number of carbonyl (C=O) groups excluding carboxylic acids is 1. The minimum absolute atomic E-state index is 0.401. The molecule has 2 aromatic carbocycles. The second-order valence-electron chi connectivity index (χ2n) is 6.01. The molecule has 1 atom stereocenters. The van der Waals surface area contributed by atoms with Crippen molar-refractivity contribution in [2.45, 2.75) is 18.9 Å². The first-order chi connectivity index (χ1) is 11.6. The van der Waals surface area contributed by atoms with Gasteiger partial charge in [0.05, 0.1) is 13.2 Å². The maximum Gasteiger partial charge on any atom is 0.249 e. The number of β-amino-alcohol motifs (C(OH)–C–C–N with tert-alkyl or cyclic N) is 1. The minimum atomic E-state index is -0.636. The molecule has 0 fully saturated rings. The Labute approximate surface area is 141 Å². The van der Waals surface area contributed by atoms with Gasteiger partial charge in [0.2, 0.25) is 5.91 Å². The number of aliphatic hydroxyl groups is 1. The number of benzene rings is 2. The number of amides is 1. The molecule has 1 amide bonds. The molecule has 1 unspecified atom stereocenters. The number of anilines is 1. The number of nitrogens with two attached hydrogens (primary N) is 1. The van der Waals surface area contributed by atoms with Crippen LogP contribution in [-0.4, -0.2) is 31.2 Å². The van der Waals surface area contributed by atoms with Crippen molar-refractivity contribution in [1.29, 1.82) is 0 Å². The van der Waals surface area contributed by atoms with Crippen molar-refractivity contribution in [2.24, 2.45) is 5.73 Å². The number of hydrogen-bond acceptors (Lipinski definition) is 4. The van der Waals surface area contributed by atoms with Gasteiger partial charge in [-0.05, 0) is 48.2 Å². The molecule has 0 spiro atoms. The van der Waals surface area contributed by atoms with E-state index in [4.69, 9.17) is 10.5 Å². The van der Waals surface area contributed by atoms with Crippen LogP contribution in [0.5, 0.6) is 5.75 Å². The zero-order chi connectivity index (χ0) is 17.1. The van der Waals surface area contributed by atoms with Crippen LogP contribution in [0.1, 0.15) is 34.0 Å². The van der Waals surface area contributed by atoms with Gasteiger partial charge in [-0.3, -0.25) is 4.79 Å². The van der Waals surface area contributed by atoms with Gasteiger partial charge in [-0.25, -0.2) is 0 Å². The summed E-state index contributed by atoms with van der Waals surface area (Å²) in [5.74, 6) is 0.323. The molecular formula is C19H22N2O3. The van der Waals surface area contributed by atoms with Gasteiger partial charge >= 0.3 is 0 Å². The number of primary amides is 1. The van der Waals surface area contributed by atoms with Crippen molar-refractivity contribution in [1.82, 2.24) is 0 Å². The van der Waals surface area contributed by atoms with E-state index in [2.05, 4.69) is 4.90 Å². The summed E-state index contributed by atoms with van der Waals surface area (Å²) in [6.45, 7) is 1.30. The standard InChI is InChI=1S/C19H22N2O3/c1-24-14-6-2-5-13(11-14)18(22)12-21-10-4-8-15-16(19(20)23)7-3-9-17(15)21/h2-3,5-7,9,11,18,22H,4,8,10,12H2,1H3,(H2,20,23). The quantitative estimate of drug-likeness (QED) is 0.884. The molecule has 1 aliphatic heterocycles. The smallest absolute Gasteiger partial charge is 0.249 e.